The van der Waals surface area contributed by atoms with Crippen molar-refractivity contribution in [3.05, 3.63) is 29.8 Å². The zero-order valence-corrected chi connectivity index (χ0v) is 11.8. The van der Waals surface area contributed by atoms with Crippen molar-refractivity contribution < 1.29 is 24.2 Å². The number of benzene rings is 1. The molecule has 1 saturated carbocycles. The van der Waals surface area contributed by atoms with Gasteiger partial charge in [0, 0.05) is 5.69 Å². The molecule has 1 fully saturated rings. The molecule has 1 amide bonds. The van der Waals surface area contributed by atoms with Crippen molar-refractivity contribution in [1.29, 1.82) is 0 Å². The molecule has 0 spiro atoms. The Morgan fingerprint density at radius 3 is 2.29 bits per heavy atom. The van der Waals surface area contributed by atoms with E-state index in [1.54, 1.807) is 38.1 Å². The molecule has 1 aliphatic carbocycles. The highest BCUT2D eigenvalue weighted by molar-refractivity contribution is 5.98. The van der Waals surface area contributed by atoms with Gasteiger partial charge in [0.25, 0.3) is 0 Å². The van der Waals surface area contributed by atoms with E-state index < -0.39 is 23.8 Å². The monoisotopic (exact) mass is 291 g/mol. The molecule has 0 bridgehead atoms. The number of carbonyl (C=O) groups is 3. The molecule has 2 atom stereocenters. The average molecular weight is 291 g/mol. The van der Waals surface area contributed by atoms with Crippen molar-refractivity contribution in [2.24, 2.45) is 11.8 Å². The van der Waals surface area contributed by atoms with Crippen LogP contribution in [0.5, 0.6) is 0 Å². The fourth-order valence-electron chi connectivity index (χ4n) is 1.96. The van der Waals surface area contributed by atoms with Crippen molar-refractivity contribution in [1.82, 2.24) is 0 Å². The number of hydrogen-bond donors (Lipinski definition) is 2. The molecule has 1 aromatic rings. The molecule has 0 aromatic heterocycles. The Hall–Kier alpha value is -2.37. The van der Waals surface area contributed by atoms with Crippen LogP contribution < -0.4 is 5.32 Å². The topological polar surface area (TPSA) is 92.7 Å². The molecular formula is C15H17NO5. The molecule has 0 aliphatic heterocycles. The number of esters is 1. The molecule has 6 heteroatoms. The van der Waals surface area contributed by atoms with Crippen LogP contribution in [0.25, 0.3) is 0 Å². The summed E-state index contributed by atoms with van der Waals surface area (Å²) >= 11 is 0. The van der Waals surface area contributed by atoms with E-state index in [0.717, 1.165) is 0 Å². The van der Waals surface area contributed by atoms with Crippen LogP contribution in [0.2, 0.25) is 0 Å². The van der Waals surface area contributed by atoms with Crippen molar-refractivity contribution in [2.75, 3.05) is 5.32 Å². The maximum absolute atomic E-state index is 11.8. The van der Waals surface area contributed by atoms with Crippen molar-refractivity contribution in [3.8, 4) is 0 Å². The van der Waals surface area contributed by atoms with Crippen LogP contribution >= 0.6 is 0 Å². The number of rotatable bonds is 5. The first-order chi connectivity index (χ1) is 9.88. The highest BCUT2D eigenvalue weighted by Crippen LogP contribution is 2.39. The number of nitrogens with one attached hydrogen (secondary N) is 1. The van der Waals surface area contributed by atoms with Crippen LogP contribution in [0, 0.1) is 11.8 Å². The summed E-state index contributed by atoms with van der Waals surface area (Å²) in [6, 6.07) is 6.30. The van der Waals surface area contributed by atoms with Crippen molar-refractivity contribution in [3.63, 3.8) is 0 Å². The molecule has 2 unspecified atom stereocenters. The number of carboxylic acid groups (broad SMARTS) is 1. The maximum atomic E-state index is 11.8. The van der Waals surface area contributed by atoms with E-state index in [1.165, 1.54) is 0 Å². The van der Waals surface area contributed by atoms with E-state index in [-0.39, 0.29) is 12.0 Å². The molecule has 2 N–H and O–H groups in total. The van der Waals surface area contributed by atoms with Gasteiger partial charge in [-0.15, -0.1) is 0 Å². The number of carbonyl (C=O) groups excluding carboxylic acids is 2. The first kappa shape index (κ1) is 15.0. The molecule has 0 radical (unpaired) electrons. The second kappa shape index (κ2) is 5.95. The third-order valence-corrected chi connectivity index (χ3v) is 3.18. The van der Waals surface area contributed by atoms with E-state index >= 15 is 0 Å². The highest BCUT2D eigenvalue weighted by atomic mass is 16.5. The molecule has 1 aliphatic rings. The van der Waals surface area contributed by atoms with Crippen LogP contribution in [0.1, 0.15) is 30.6 Å². The minimum absolute atomic E-state index is 0.195. The summed E-state index contributed by atoms with van der Waals surface area (Å²) in [7, 11) is 0. The Bertz CT molecular complexity index is 564. The smallest absolute Gasteiger partial charge is 0.338 e. The van der Waals surface area contributed by atoms with E-state index in [4.69, 9.17) is 9.84 Å². The van der Waals surface area contributed by atoms with Gasteiger partial charge in [-0.3, -0.25) is 9.59 Å². The number of ether oxygens (including phenoxy) is 1. The third kappa shape index (κ3) is 3.81. The zero-order chi connectivity index (χ0) is 15.6. The summed E-state index contributed by atoms with van der Waals surface area (Å²) in [5.41, 5.74) is 0.925. The summed E-state index contributed by atoms with van der Waals surface area (Å²) in [6.45, 7) is 3.53. The summed E-state index contributed by atoms with van der Waals surface area (Å²) in [5.74, 6) is -2.71. The molecule has 0 saturated heterocycles. The van der Waals surface area contributed by atoms with Crippen LogP contribution in [-0.2, 0) is 14.3 Å². The SMILES string of the molecule is CC(C)OC(=O)c1ccc(NC(=O)C2CC2C(=O)O)cc1. The minimum atomic E-state index is -0.943. The highest BCUT2D eigenvalue weighted by Gasteiger charge is 2.48. The Kier molecular flexibility index (Phi) is 4.26. The number of anilines is 1. The van der Waals surface area contributed by atoms with Crippen molar-refractivity contribution in [2.45, 2.75) is 26.4 Å². The summed E-state index contributed by atoms with van der Waals surface area (Å²) in [5, 5.41) is 11.4. The summed E-state index contributed by atoms with van der Waals surface area (Å²) < 4.78 is 5.05. The third-order valence-electron chi connectivity index (χ3n) is 3.18. The van der Waals surface area contributed by atoms with Gasteiger partial charge in [0.2, 0.25) is 5.91 Å². The number of aliphatic carboxylic acids is 1. The summed E-state index contributed by atoms with van der Waals surface area (Å²) in [4.78, 5) is 34.1. The van der Waals surface area contributed by atoms with Crippen LogP contribution in [-0.4, -0.2) is 29.1 Å². The lowest BCUT2D eigenvalue weighted by atomic mass is 10.2. The average Bonchev–Trinajstić information content (AvgIpc) is 3.19. The maximum Gasteiger partial charge on any atom is 0.338 e. The predicted molar refractivity (Wildman–Crippen MR) is 74.9 cm³/mol. The standard InChI is InChI=1S/C15H17NO5/c1-8(2)21-15(20)9-3-5-10(6-4-9)16-13(17)11-7-12(11)14(18)19/h3-6,8,11-12H,7H2,1-2H3,(H,16,17)(H,18,19). The van der Waals surface area contributed by atoms with Gasteiger partial charge < -0.3 is 15.2 Å². The largest absolute Gasteiger partial charge is 0.481 e. The quantitative estimate of drug-likeness (QED) is 0.808. The van der Waals surface area contributed by atoms with Gasteiger partial charge in [-0.1, -0.05) is 0 Å². The number of amides is 1. The van der Waals surface area contributed by atoms with Crippen LogP contribution in [0.3, 0.4) is 0 Å². The lowest BCUT2D eigenvalue weighted by Gasteiger charge is -2.09. The number of carboxylic acids is 1. The Morgan fingerprint density at radius 2 is 1.81 bits per heavy atom. The molecule has 0 heterocycles. The Balaban J connectivity index is 1.92. The lowest BCUT2D eigenvalue weighted by molar-refractivity contribution is -0.139. The van der Waals surface area contributed by atoms with Gasteiger partial charge in [0.1, 0.15) is 0 Å². The first-order valence-electron chi connectivity index (χ1n) is 6.73. The molecule has 2 rings (SSSR count). The minimum Gasteiger partial charge on any atom is -0.481 e. The lowest BCUT2D eigenvalue weighted by Crippen LogP contribution is -2.17. The van der Waals surface area contributed by atoms with E-state index in [9.17, 15) is 14.4 Å². The van der Waals surface area contributed by atoms with E-state index in [1.807, 2.05) is 0 Å². The fourth-order valence-corrected chi connectivity index (χ4v) is 1.96. The van der Waals surface area contributed by atoms with Gasteiger partial charge in [-0.25, -0.2) is 4.79 Å². The van der Waals surface area contributed by atoms with Crippen LogP contribution in [0.15, 0.2) is 24.3 Å². The Morgan fingerprint density at radius 1 is 1.19 bits per heavy atom. The Labute approximate surface area is 122 Å². The van der Waals surface area contributed by atoms with Gasteiger partial charge in [-0.05, 0) is 44.5 Å². The molecule has 21 heavy (non-hydrogen) atoms. The molecular weight excluding hydrogens is 274 g/mol. The van der Waals surface area contributed by atoms with Gasteiger partial charge in [-0.2, -0.15) is 0 Å². The number of hydrogen-bond acceptors (Lipinski definition) is 4. The predicted octanol–water partition coefficient (Wildman–Crippen LogP) is 1.91. The van der Waals surface area contributed by atoms with Crippen LogP contribution in [0.4, 0.5) is 5.69 Å². The van der Waals surface area contributed by atoms with E-state index in [2.05, 4.69) is 5.32 Å². The normalized spacial score (nSPS) is 20.0. The zero-order valence-electron chi connectivity index (χ0n) is 11.8. The second-order valence-electron chi connectivity index (χ2n) is 5.31. The van der Waals surface area contributed by atoms with Gasteiger partial charge in [0.15, 0.2) is 0 Å². The van der Waals surface area contributed by atoms with E-state index in [0.29, 0.717) is 17.7 Å². The second-order valence-corrected chi connectivity index (χ2v) is 5.31. The van der Waals surface area contributed by atoms with Gasteiger partial charge in [0.05, 0.1) is 23.5 Å². The molecule has 112 valence electrons. The first-order valence-corrected chi connectivity index (χ1v) is 6.73. The van der Waals surface area contributed by atoms with Gasteiger partial charge >= 0.3 is 11.9 Å². The summed E-state index contributed by atoms with van der Waals surface area (Å²) in [6.07, 6.45) is 0.180. The molecule has 6 nitrogen and oxygen atoms in total. The molecule has 1 aromatic carbocycles. The fraction of sp³-hybridized carbons (Fsp3) is 0.400. The van der Waals surface area contributed by atoms with Crippen molar-refractivity contribution >= 4 is 23.5 Å².